The maximum Gasteiger partial charge on any atom is 0.303 e. The highest BCUT2D eigenvalue weighted by Crippen LogP contribution is 2.41. The van der Waals surface area contributed by atoms with Gasteiger partial charge < -0.3 is 5.11 Å². The van der Waals surface area contributed by atoms with Gasteiger partial charge in [-0.25, -0.2) is 0 Å². The number of hydrogen-bond acceptors (Lipinski definition) is 8. The fourth-order valence-electron chi connectivity index (χ4n) is 13.2. The molecule has 9 heteroatoms. The number of carboxylic acid groups (broad SMARTS) is 1. The summed E-state index contributed by atoms with van der Waals surface area (Å²) in [6.45, 7) is 49.0. The maximum atomic E-state index is 11.7. The van der Waals surface area contributed by atoms with Gasteiger partial charge in [-0.3, -0.25) is 38.4 Å². The van der Waals surface area contributed by atoms with Gasteiger partial charge in [-0.15, -0.1) is 0 Å². The molecule has 0 aliphatic heterocycles. The van der Waals surface area contributed by atoms with Gasteiger partial charge in [0.25, 0.3) is 0 Å². The Morgan fingerprint density at radius 3 is 0.837 bits per heavy atom. The molecule has 0 spiro atoms. The highest BCUT2D eigenvalue weighted by molar-refractivity contribution is 5.92. The van der Waals surface area contributed by atoms with E-state index in [-0.39, 0.29) is 111 Å². The molecule has 0 radical (unpaired) electrons. The van der Waals surface area contributed by atoms with E-state index in [0.717, 1.165) is 173 Å². The number of Topliss-reactive ketones (excluding diaryl/α,β-unsaturated/α-hetero) is 6. The fourth-order valence-corrected chi connectivity index (χ4v) is 13.2. The number of allylic oxidation sites excluding steroid dienone is 38. The zero-order valence-corrected chi connectivity index (χ0v) is 91.1. The monoisotopic (exact) mass is 1970 g/mol. The Kier molecular flexibility index (Phi) is 140. The molecule has 1 rings (SSSR count). The highest BCUT2D eigenvalue weighted by Gasteiger charge is 2.26. The van der Waals surface area contributed by atoms with Crippen LogP contribution in [0, 0.1) is 46.8 Å². The van der Waals surface area contributed by atoms with Gasteiger partial charge in [-0.2, -0.15) is 0 Å². The van der Waals surface area contributed by atoms with Gasteiger partial charge in [-0.1, -0.05) is 499 Å². The summed E-state index contributed by atoms with van der Waals surface area (Å²) in [6, 6.07) is 0. The second kappa shape index (κ2) is 123. The summed E-state index contributed by atoms with van der Waals surface area (Å²) in [6.07, 6.45) is 124. The molecule has 0 aromatic carbocycles. The number of aliphatic carboxylic acids is 1. The SMILES string of the molecule is C.C.C.C.C.C.C.CC(C)C(=O)CCCCCCCC(=O)O.CC/C=C\C/C=C\C/C=C\C/C=C\C/C=C\C/C=C\CCC(=O)C(C)C.CC/C=C\C/C=C\C/C=C\C/C=C\C/C=C\CCCC(=O)C(C)C.CC/C=C\C/C=C\C/C=C\CCCCCCCC(=O)C(C)C.CC1=C(/C=C/C(C)=C/C=C/C(C)=C/C(=O)C(C)C)C(C)(C)CCC1.CCC(=O)C(C)C.CCCCCCCCCCCC(=O)C(C)C. The normalized spacial score (nSPS) is 12.8. The third kappa shape index (κ3) is 128. The van der Waals surface area contributed by atoms with Crippen LogP contribution in [-0.4, -0.2) is 51.6 Å². The van der Waals surface area contributed by atoms with E-state index in [1.807, 2.05) is 123 Å². The Morgan fingerprint density at radius 1 is 0.298 bits per heavy atom. The van der Waals surface area contributed by atoms with Crippen LogP contribution in [0.5, 0.6) is 0 Å². The first kappa shape index (κ1) is 161. The summed E-state index contributed by atoms with van der Waals surface area (Å²) in [5.74, 6) is 2.94. The number of rotatable bonds is 71. The molecule has 0 aromatic rings. The smallest absolute Gasteiger partial charge is 0.303 e. The maximum absolute atomic E-state index is 11.7. The van der Waals surface area contributed by atoms with E-state index >= 15 is 0 Å². The van der Waals surface area contributed by atoms with Crippen molar-refractivity contribution >= 4 is 46.5 Å². The standard InChI is InChI=1S/C25H38O.C23H34O.C23H36O.C21H36O.C15H30O.C12H22O3.C6H12O.7CH4/c1-4-5-6-7-8-9-10-11-12-13-14-15-16-17-18-19-20-21-22-23-25(26)24(2)3;1-17(2)22(24)16-19(4)11-8-10-18(3)13-14-21-20(5)12-9-15-23(21,6)7;1-4-5-6-7-8-9-10-11-12-13-14-15-16-17-18-19-20-21-23(24)22(2)3;1-4-5-6-7-8-9-10-11-12-13-14-15-16-17-18-19-21(22)20(2)3;1-4-5-6-7-8-9-10-11-12-13-15(16)14(2)3;1-10(2)11(13)8-6-4-3-5-7-9-12(14)15;1-4-6(7)5(2)3;;;;;;;/h5-6,8-9,11-12,14-15,17-18,20-21,24H,4,7,10,13,16,19,22-23H2,1-3H3;8,10-11,13-14,16-17H,9,12,15H2,1-7H3;5-6,8-9,11-12,14-15,17-18,22H,4,7,10,13,16,19-21H2,1-3H3;5-6,8-9,11-12,20H,4,7,10,13-19H2,1-3H3;14H,4-13H2,1-3H3;10H,3-9H2,1-2H3,(H,14,15);5H,4H2,1-3H3;7*1H4/b6-5-,9-8-,12-11-,15-14-,18-17-,21-20-;11-8+,14-13+,18-10+,19-16+;6-5-,9-8-,12-11-,15-14-,18-17-;6-5-,9-8-,12-11-;;;;;;;;;;. The van der Waals surface area contributed by atoms with Gasteiger partial charge in [-0.05, 0) is 210 Å². The summed E-state index contributed by atoms with van der Waals surface area (Å²) < 4.78 is 0. The van der Waals surface area contributed by atoms with Crippen LogP contribution in [-0.2, 0) is 38.4 Å². The molecule has 0 saturated carbocycles. The molecule has 0 atom stereocenters. The van der Waals surface area contributed by atoms with Crippen LogP contribution >= 0.6 is 0 Å². The molecular weight excluding hydrogens is 1730 g/mol. The molecule has 1 aliphatic rings. The van der Waals surface area contributed by atoms with E-state index in [4.69, 9.17) is 5.11 Å². The van der Waals surface area contributed by atoms with Crippen LogP contribution in [0.25, 0.3) is 0 Å². The molecule has 9 nitrogen and oxygen atoms in total. The van der Waals surface area contributed by atoms with Crippen LogP contribution in [0.1, 0.15) is 520 Å². The van der Waals surface area contributed by atoms with E-state index in [2.05, 4.69) is 244 Å². The van der Waals surface area contributed by atoms with Crippen molar-refractivity contribution in [2.45, 2.75) is 520 Å². The molecule has 818 valence electrons. The van der Waals surface area contributed by atoms with E-state index in [1.165, 1.54) is 119 Å². The first-order valence-electron chi connectivity index (χ1n) is 53.5. The summed E-state index contributed by atoms with van der Waals surface area (Å²) in [5.41, 5.74) is 5.51. The van der Waals surface area contributed by atoms with Crippen LogP contribution in [0.3, 0.4) is 0 Å². The Morgan fingerprint density at radius 2 is 0.560 bits per heavy atom. The average molecular weight is 1970 g/mol. The number of carboxylic acids is 1. The zero-order valence-electron chi connectivity index (χ0n) is 91.1. The summed E-state index contributed by atoms with van der Waals surface area (Å²) in [5, 5.41) is 8.41. The first-order chi connectivity index (χ1) is 64.1. The average Bonchev–Trinajstić information content (AvgIpc) is 0.820. The lowest BCUT2D eigenvalue weighted by molar-refractivity contribution is -0.137. The van der Waals surface area contributed by atoms with Crippen molar-refractivity contribution in [1.82, 2.24) is 0 Å². The lowest BCUT2D eigenvalue weighted by atomic mass is 9.72. The van der Waals surface area contributed by atoms with Crippen molar-refractivity contribution in [3.63, 3.8) is 0 Å². The van der Waals surface area contributed by atoms with Crippen LogP contribution in [0.2, 0.25) is 0 Å². The van der Waals surface area contributed by atoms with Gasteiger partial charge >= 0.3 is 5.97 Å². The molecule has 1 N–H and O–H groups in total. The van der Waals surface area contributed by atoms with Gasteiger partial charge in [0.15, 0.2) is 5.78 Å². The fraction of sp³-hybridized carbons (Fsp3) is 0.652. The van der Waals surface area contributed by atoms with Crippen molar-refractivity contribution in [1.29, 1.82) is 0 Å². The van der Waals surface area contributed by atoms with E-state index in [0.29, 0.717) is 60.4 Å². The Hall–Kier alpha value is -7.78. The molecule has 0 aromatic heterocycles. The Bertz CT molecular complexity index is 3500. The van der Waals surface area contributed by atoms with E-state index < -0.39 is 5.97 Å². The van der Waals surface area contributed by atoms with Gasteiger partial charge in [0.05, 0.1) is 0 Å². The van der Waals surface area contributed by atoms with Crippen LogP contribution in [0.15, 0.2) is 229 Å². The summed E-state index contributed by atoms with van der Waals surface area (Å²) in [7, 11) is 0. The minimum atomic E-state index is -0.718. The first-order valence-corrected chi connectivity index (χ1v) is 53.5. The molecule has 141 heavy (non-hydrogen) atoms. The molecule has 0 heterocycles. The quantitative estimate of drug-likeness (QED) is 0.0271. The second-order valence-electron chi connectivity index (χ2n) is 38.5. The topological polar surface area (TPSA) is 157 Å². The Balaban J connectivity index is -0.000000125. The predicted molar refractivity (Wildman–Crippen MR) is 639 cm³/mol. The minimum Gasteiger partial charge on any atom is -0.481 e. The molecular formula is C132H236O9. The van der Waals surface area contributed by atoms with Crippen LogP contribution in [0.4, 0.5) is 0 Å². The number of carbonyl (C=O) groups excluding carboxylic acids is 7. The van der Waals surface area contributed by atoms with Crippen molar-refractivity contribution in [3.8, 4) is 0 Å². The zero-order chi connectivity index (χ0) is 102. The largest absolute Gasteiger partial charge is 0.481 e. The van der Waals surface area contributed by atoms with E-state index in [9.17, 15) is 38.4 Å². The third-order valence-electron chi connectivity index (χ3n) is 22.4. The molecule has 0 amide bonds. The highest BCUT2D eigenvalue weighted by atomic mass is 16.4. The molecule has 0 unspecified atom stereocenters. The predicted octanol–water partition coefficient (Wildman–Crippen LogP) is 42.6. The lowest BCUT2D eigenvalue weighted by Crippen LogP contribution is -2.19. The van der Waals surface area contributed by atoms with Crippen molar-refractivity contribution < 1.29 is 43.5 Å². The summed E-state index contributed by atoms with van der Waals surface area (Å²) in [4.78, 5) is 89.4. The number of ketones is 7. The number of unbranched alkanes of at least 4 members (excludes halogenated alkanes) is 18. The van der Waals surface area contributed by atoms with Crippen molar-refractivity contribution in [2.24, 2.45) is 46.8 Å². The van der Waals surface area contributed by atoms with Crippen LogP contribution < -0.4 is 0 Å². The Labute approximate surface area is 880 Å². The molecule has 0 saturated heterocycles. The molecule has 0 fully saturated rings. The minimum absolute atomic E-state index is 0. The number of carbonyl (C=O) groups is 8. The van der Waals surface area contributed by atoms with Gasteiger partial charge in [0.2, 0.25) is 0 Å². The van der Waals surface area contributed by atoms with Crippen molar-refractivity contribution in [2.75, 3.05) is 0 Å². The second-order valence-corrected chi connectivity index (χ2v) is 38.5. The molecule has 1 aliphatic carbocycles. The molecule has 0 bridgehead atoms. The lowest BCUT2D eigenvalue weighted by Gasteiger charge is -2.32. The van der Waals surface area contributed by atoms with E-state index in [1.54, 1.807) is 6.08 Å². The van der Waals surface area contributed by atoms with Gasteiger partial charge in [0.1, 0.15) is 34.7 Å². The number of hydrogen-bond donors (Lipinski definition) is 1. The summed E-state index contributed by atoms with van der Waals surface area (Å²) >= 11 is 0. The van der Waals surface area contributed by atoms with Gasteiger partial charge in [0, 0.05) is 86.4 Å². The van der Waals surface area contributed by atoms with Crippen molar-refractivity contribution in [3.05, 3.63) is 229 Å². The third-order valence-corrected chi connectivity index (χ3v) is 22.4.